The second-order valence-corrected chi connectivity index (χ2v) is 6.46. The number of nitrogens with zero attached hydrogens (tertiary/aromatic N) is 4. The number of aromatic nitrogens is 4. The fraction of sp³-hybridized carbons (Fsp3) is 0.353. The summed E-state index contributed by atoms with van der Waals surface area (Å²) in [6.45, 7) is 0. The Labute approximate surface area is 154 Å². The maximum Gasteiger partial charge on any atom is 0.104 e. The van der Waals surface area contributed by atoms with Crippen LogP contribution in [-0.2, 0) is 21.1 Å². The van der Waals surface area contributed by atoms with Crippen molar-refractivity contribution >= 4 is 11.3 Å². The molecular formula is C17H17N4PtS-. The minimum atomic E-state index is 0. The molecule has 2 aromatic heterocycles. The Balaban J connectivity index is 0.00000156. The third kappa shape index (κ3) is 3.31. The summed E-state index contributed by atoms with van der Waals surface area (Å²) in [6.07, 6.45) is 6.52. The third-order valence-electron chi connectivity index (χ3n) is 4.39. The van der Waals surface area contributed by atoms with Crippen LogP contribution in [0, 0.1) is 5.38 Å². The van der Waals surface area contributed by atoms with Crippen molar-refractivity contribution in [3.8, 4) is 17.1 Å². The minimum absolute atomic E-state index is 0. The van der Waals surface area contributed by atoms with Gasteiger partial charge in [-0.25, -0.2) is 4.68 Å². The van der Waals surface area contributed by atoms with Crippen LogP contribution in [0.4, 0.5) is 0 Å². The van der Waals surface area contributed by atoms with E-state index in [9.17, 15) is 0 Å². The maximum absolute atomic E-state index is 4.24. The van der Waals surface area contributed by atoms with Gasteiger partial charge in [0, 0.05) is 21.1 Å². The number of benzene rings is 1. The van der Waals surface area contributed by atoms with E-state index in [-0.39, 0.29) is 21.1 Å². The number of tetrazole rings is 1. The number of thiophene rings is 1. The van der Waals surface area contributed by atoms with Gasteiger partial charge in [0.15, 0.2) is 0 Å². The van der Waals surface area contributed by atoms with Gasteiger partial charge >= 0.3 is 0 Å². The van der Waals surface area contributed by atoms with Gasteiger partial charge in [-0.05, 0) is 40.8 Å². The molecule has 2 heterocycles. The van der Waals surface area contributed by atoms with Crippen molar-refractivity contribution < 1.29 is 21.1 Å². The van der Waals surface area contributed by atoms with Gasteiger partial charge in [0.1, 0.15) is 5.82 Å². The third-order valence-corrected chi connectivity index (χ3v) is 5.00. The Morgan fingerprint density at radius 1 is 1.09 bits per heavy atom. The molecule has 1 aromatic carbocycles. The first-order chi connectivity index (χ1) is 10.9. The number of hydrogen-bond acceptors (Lipinski definition) is 4. The Morgan fingerprint density at radius 2 is 1.91 bits per heavy atom. The molecule has 122 valence electrons. The first-order valence-electron chi connectivity index (χ1n) is 7.77. The predicted octanol–water partition coefficient (Wildman–Crippen LogP) is 4.24. The van der Waals surface area contributed by atoms with Crippen LogP contribution in [0.1, 0.15) is 43.6 Å². The molecule has 0 radical (unpaired) electrons. The molecule has 1 aliphatic rings. The van der Waals surface area contributed by atoms with Crippen LogP contribution in [0.2, 0.25) is 0 Å². The molecule has 4 nitrogen and oxygen atoms in total. The summed E-state index contributed by atoms with van der Waals surface area (Å²) in [5.41, 5.74) is 3.42. The maximum atomic E-state index is 4.24. The molecule has 0 amide bonds. The van der Waals surface area contributed by atoms with Gasteiger partial charge in [0.2, 0.25) is 0 Å². The van der Waals surface area contributed by atoms with Gasteiger partial charge in [0.25, 0.3) is 0 Å². The molecule has 0 spiro atoms. The van der Waals surface area contributed by atoms with E-state index >= 15 is 0 Å². The van der Waals surface area contributed by atoms with E-state index in [1.807, 2.05) is 16.1 Å². The van der Waals surface area contributed by atoms with Crippen molar-refractivity contribution in [3.63, 3.8) is 0 Å². The SMILES string of the molecule is [Pt].[c-]1sccc1-c1nnnn1-c1ccccc1C1CCCCC1. The monoisotopic (exact) mass is 504 g/mol. The first kappa shape index (κ1) is 16.5. The van der Waals surface area contributed by atoms with E-state index in [0.717, 1.165) is 17.1 Å². The van der Waals surface area contributed by atoms with Gasteiger partial charge in [-0.1, -0.05) is 42.8 Å². The molecule has 0 bridgehead atoms. The van der Waals surface area contributed by atoms with Gasteiger partial charge in [-0.15, -0.1) is 10.9 Å². The standard InChI is InChI=1S/C17H17N4S.Pt/c1-2-6-13(7-3-1)15-8-4-5-9-16(15)21-17(18-19-20-21)14-10-11-22-12-14;/h4-5,8-11,13H,1-3,6-7H2;/q-1;. The molecule has 1 fully saturated rings. The molecule has 3 aromatic rings. The summed E-state index contributed by atoms with van der Waals surface area (Å²) in [4.78, 5) is 0. The van der Waals surface area contributed by atoms with Crippen LogP contribution in [0.15, 0.2) is 35.7 Å². The van der Waals surface area contributed by atoms with Crippen LogP contribution < -0.4 is 0 Å². The fourth-order valence-corrected chi connectivity index (χ4v) is 3.87. The van der Waals surface area contributed by atoms with Crippen LogP contribution in [0.5, 0.6) is 0 Å². The van der Waals surface area contributed by atoms with Crippen molar-refractivity contribution in [2.75, 3.05) is 0 Å². The molecule has 1 saturated carbocycles. The molecule has 0 saturated heterocycles. The smallest absolute Gasteiger partial charge is 0.104 e. The summed E-state index contributed by atoms with van der Waals surface area (Å²) < 4.78 is 1.86. The van der Waals surface area contributed by atoms with E-state index in [0.29, 0.717) is 5.92 Å². The summed E-state index contributed by atoms with van der Waals surface area (Å²) in [7, 11) is 0. The number of rotatable bonds is 3. The van der Waals surface area contributed by atoms with E-state index in [1.165, 1.54) is 37.7 Å². The van der Waals surface area contributed by atoms with Crippen LogP contribution in [0.3, 0.4) is 0 Å². The topological polar surface area (TPSA) is 43.6 Å². The normalized spacial score (nSPS) is 15.3. The fourth-order valence-electron chi connectivity index (χ4n) is 3.31. The van der Waals surface area contributed by atoms with Gasteiger partial charge in [0.05, 0.1) is 5.69 Å². The van der Waals surface area contributed by atoms with E-state index < -0.39 is 0 Å². The van der Waals surface area contributed by atoms with Crippen molar-refractivity contribution in [2.45, 2.75) is 38.0 Å². The zero-order chi connectivity index (χ0) is 14.8. The minimum Gasteiger partial charge on any atom is -0.264 e. The van der Waals surface area contributed by atoms with Crippen LogP contribution in [-0.4, -0.2) is 20.2 Å². The quantitative estimate of drug-likeness (QED) is 0.502. The molecule has 23 heavy (non-hydrogen) atoms. The average molecular weight is 504 g/mol. The Kier molecular flexibility index (Phi) is 5.39. The summed E-state index contributed by atoms with van der Waals surface area (Å²) in [5.74, 6) is 1.39. The van der Waals surface area contributed by atoms with E-state index in [2.05, 4.69) is 45.2 Å². The second-order valence-electron chi connectivity index (χ2n) is 5.74. The predicted molar refractivity (Wildman–Crippen MR) is 87.1 cm³/mol. The van der Waals surface area contributed by atoms with Gasteiger partial charge < -0.3 is 0 Å². The van der Waals surface area contributed by atoms with Crippen molar-refractivity contribution in [1.82, 2.24) is 20.2 Å². The number of para-hydroxylation sites is 1. The molecule has 6 heteroatoms. The van der Waals surface area contributed by atoms with E-state index in [1.54, 1.807) is 11.3 Å². The average Bonchev–Trinajstić information content (AvgIpc) is 3.26. The van der Waals surface area contributed by atoms with E-state index in [4.69, 9.17) is 0 Å². The zero-order valence-corrected chi connectivity index (χ0v) is 15.7. The summed E-state index contributed by atoms with van der Waals surface area (Å²) >= 11 is 1.54. The number of hydrogen-bond donors (Lipinski definition) is 0. The second kappa shape index (κ2) is 7.50. The zero-order valence-electron chi connectivity index (χ0n) is 12.6. The summed E-state index contributed by atoms with van der Waals surface area (Å²) in [6, 6.07) is 10.5. The molecule has 0 N–H and O–H groups in total. The Morgan fingerprint density at radius 3 is 2.70 bits per heavy atom. The van der Waals surface area contributed by atoms with Crippen LogP contribution in [0.25, 0.3) is 17.1 Å². The largest absolute Gasteiger partial charge is 0.264 e. The van der Waals surface area contributed by atoms with Gasteiger partial charge in [-0.3, -0.25) is 11.3 Å². The Hall–Kier alpha value is -1.32. The molecule has 0 unspecified atom stereocenters. The first-order valence-corrected chi connectivity index (χ1v) is 8.64. The Bertz CT molecular complexity index is 748. The van der Waals surface area contributed by atoms with Crippen molar-refractivity contribution in [2.24, 2.45) is 0 Å². The molecule has 4 rings (SSSR count). The molecule has 1 aliphatic carbocycles. The summed E-state index contributed by atoms with van der Waals surface area (Å²) in [5, 5.41) is 17.6. The molecule has 0 atom stereocenters. The van der Waals surface area contributed by atoms with Gasteiger partial charge in [-0.2, -0.15) is 11.2 Å². The molecule has 0 aliphatic heterocycles. The van der Waals surface area contributed by atoms with Crippen LogP contribution >= 0.6 is 11.3 Å². The molecular weight excluding hydrogens is 487 g/mol. The van der Waals surface area contributed by atoms with Crippen molar-refractivity contribution in [1.29, 1.82) is 0 Å². The van der Waals surface area contributed by atoms with Crippen molar-refractivity contribution in [3.05, 3.63) is 46.7 Å².